The van der Waals surface area contributed by atoms with E-state index in [4.69, 9.17) is 0 Å². The monoisotopic (exact) mass is 409 g/mol. The van der Waals surface area contributed by atoms with Crippen molar-refractivity contribution in [2.24, 2.45) is 11.8 Å². The number of anilines is 1. The first-order valence-electron chi connectivity index (χ1n) is 8.93. The SMILES string of the molecule is CC1CCCN(C(=O)C2CCN(c3ccc(Br)cc3[N+](=O)[O-])CC2)C1. The molecule has 1 aromatic rings. The second-order valence-electron chi connectivity index (χ2n) is 7.18. The number of hydrogen-bond acceptors (Lipinski definition) is 4. The Bertz CT molecular complexity index is 659. The highest BCUT2D eigenvalue weighted by Gasteiger charge is 2.32. The molecule has 25 heavy (non-hydrogen) atoms. The van der Waals surface area contributed by atoms with E-state index in [0.29, 0.717) is 29.2 Å². The van der Waals surface area contributed by atoms with E-state index in [1.54, 1.807) is 12.1 Å². The fourth-order valence-electron chi connectivity index (χ4n) is 3.93. The Hall–Kier alpha value is -1.63. The molecule has 136 valence electrons. The molecule has 2 aliphatic heterocycles. The van der Waals surface area contributed by atoms with Crippen LogP contribution in [-0.2, 0) is 4.79 Å². The third-order valence-electron chi connectivity index (χ3n) is 5.29. The number of benzene rings is 1. The smallest absolute Gasteiger partial charge is 0.293 e. The second kappa shape index (κ2) is 7.72. The van der Waals surface area contributed by atoms with E-state index < -0.39 is 0 Å². The maximum absolute atomic E-state index is 12.8. The summed E-state index contributed by atoms with van der Waals surface area (Å²) in [7, 11) is 0. The molecule has 0 aliphatic carbocycles. The van der Waals surface area contributed by atoms with Gasteiger partial charge in [0.2, 0.25) is 5.91 Å². The third-order valence-corrected chi connectivity index (χ3v) is 5.78. The summed E-state index contributed by atoms with van der Waals surface area (Å²) in [6.07, 6.45) is 3.82. The Balaban J connectivity index is 1.64. The minimum Gasteiger partial charge on any atom is -0.366 e. The molecule has 2 saturated heterocycles. The van der Waals surface area contributed by atoms with Crippen molar-refractivity contribution in [3.05, 3.63) is 32.8 Å². The molecule has 0 saturated carbocycles. The van der Waals surface area contributed by atoms with Gasteiger partial charge in [0.15, 0.2) is 0 Å². The molecule has 2 aliphatic rings. The van der Waals surface area contributed by atoms with Crippen LogP contribution in [0.15, 0.2) is 22.7 Å². The molecule has 7 heteroatoms. The molecule has 3 rings (SSSR count). The molecule has 6 nitrogen and oxygen atoms in total. The fraction of sp³-hybridized carbons (Fsp3) is 0.611. The van der Waals surface area contributed by atoms with Crippen LogP contribution in [0.4, 0.5) is 11.4 Å². The van der Waals surface area contributed by atoms with E-state index in [9.17, 15) is 14.9 Å². The van der Waals surface area contributed by atoms with Gasteiger partial charge in [-0.3, -0.25) is 14.9 Å². The number of rotatable bonds is 3. The molecule has 0 spiro atoms. The molecule has 1 atom stereocenters. The van der Waals surface area contributed by atoms with Crippen molar-refractivity contribution in [1.82, 2.24) is 4.90 Å². The number of nitrogens with zero attached hydrogens (tertiary/aromatic N) is 3. The van der Waals surface area contributed by atoms with Gasteiger partial charge in [0.25, 0.3) is 5.69 Å². The average Bonchev–Trinajstić information content (AvgIpc) is 2.61. The number of nitro groups is 1. The summed E-state index contributed by atoms with van der Waals surface area (Å²) in [6.45, 7) is 5.32. The van der Waals surface area contributed by atoms with Crippen LogP contribution in [0.25, 0.3) is 0 Å². The maximum Gasteiger partial charge on any atom is 0.293 e. The van der Waals surface area contributed by atoms with Crippen LogP contribution in [0.5, 0.6) is 0 Å². The van der Waals surface area contributed by atoms with Crippen LogP contribution in [0.3, 0.4) is 0 Å². The van der Waals surface area contributed by atoms with Gasteiger partial charge in [0.05, 0.1) is 4.92 Å². The van der Waals surface area contributed by atoms with Crippen molar-refractivity contribution >= 4 is 33.2 Å². The topological polar surface area (TPSA) is 66.7 Å². The Morgan fingerprint density at radius 3 is 2.60 bits per heavy atom. The normalized spacial score (nSPS) is 22.1. The molecule has 1 aromatic carbocycles. The molecular formula is C18H24BrN3O3. The van der Waals surface area contributed by atoms with E-state index in [1.807, 2.05) is 15.9 Å². The van der Waals surface area contributed by atoms with Crippen molar-refractivity contribution in [3.63, 3.8) is 0 Å². The zero-order valence-electron chi connectivity index (χ0n) is 14.5. The van der Waals surface area contributed by atoms with Crippen LogP contribution < -0.4 is 4.90 Å². The van der Waals surface area contributed by atoms with Crippen LogP contribution >= 0.6 is 15.9 Å². The van der Waals surface area contributed by atoms with Crippen LogP contribution in [0.1, 0.15) is 32.6 Å². The molecule has 0 radical (unpaired) electrons. The highest BCUT2D eigenvalue weighted by Crippen LogP contribution is 2.34. The molecule has 0 aromatic heterocycles. The number of halogens is 1. The standard InChI is InChI=1S/C18H24BrN3O3/c1-13-3-2-8-21(12-13)18(23)14-6-9-20(10-7-14)16-5-4-15(19)11-17(16)22(24)25/h4-5,11,13-14H,2-3,6-10,12H2,1H3. The second-order valence-corrected chi connectivity index (χ2v) is 8.10. The van der Waals surface area contributed by atoms with Crippen LogP contribution in [-0.4, -0.2) is 41.9 Å². The number of nitro benzene ring substituents is 1. The molecule has 1 unspecified atom stereocenters. The van der Waals surface area contributed by atoms with Crippen LogP contribution in [0.2, 0.25) is 0 Å². The van der Waals surface area contributed by atoms with Gasteiger partial charge in [-0.1, -0.05) is 22.9 Å². The zero-order valence-corrected chi connectivity index (χ0v) is 16.1. The van der Waals surface area contributed by atoms with E-state index in [2.05, 4.69) is 22.9 Å². The summed E-state index contributed by atoms with van der Waals surface area (Å²) in [5.41, 5.74) is 0.759. The van der Waals surface area contributed by atoms with Gasteiger partial charge in [0, 0.05) is 42.6 Å². The zero-order chi connectivity index (χ0) is 18.0. The molecule has 2 heterocycles. The Morgan fingerprint density at radius 2 is 1.96 bits per heavy atom. The average molecular weight is 410 g/mol. The minimum atomic E-state index is -0.341. The lowest BCUT2D eigenvalue weighted by atomic mass is 9.92. The van der Waals surface area contributed by atoms with Crippen LogP contribution in [0, 0.1) is 22.0 Å². The number of piperidine rings is 2. The van der Waals surface area contributed by atoms with Gasteiger partial charge in [-0.15, -0.1) is 0 Å². The minimum absolute atomic E-state index is 0.0519. The van der Waals surface area contributed by atoms with Crippen molar-refractivity contribution in [2.75, 3.05) is 31.1 Å². The summed E-state index contributed by atoms with van der Waals surface area (Å²) >= 11 is 3.29. The summed E-state index contributed by atoms with van der Waals surface area (Å²) < 4.78 is 0.701. The van der Waals surface area contributed by atoms with Crippen molar-refractivity contribution in [1.29, 1.82) is 0 Å². The van der Waals surface area contributed by atoms with Gasteiger partial charge < -0.3 is 9.80 Å². The number of likely N-dealkylation sites (tertiary alicyclic amines) is 1. The van der Waals surface area contributed by atoms with Gasteiger partial charge >= 0.3 is 0 Å². The van der Waals surface area contributed by atoms with Gasteiger partial charge in [-0.2, -0.15) is 0 Å². The number of carbonyl (C=O) groups excluding carboxylic acids is 1. The van der Waals surface area contributed by atoms with Gasteiger partial charge in [-0.05, 0) is 43.7 Å². The highest BCUT2D eigenvalue weighted by atomic mass is 79.9. The number of amides is 1. The van der Waals surface area contributed by atoms with Gasteiger partial charge in [-0.25, -0.2) is 0 Å². The summed E-state index contributed by atoms with van der Waals surface area (Å²) in [5, 5.41) is 11.3. The molecular weight excluding hydrogens is 386 g/mol. The maximum atomic E-state index is 12.8. The van der Waals surface area contributed by atoms with Gasteiger partial charge in [0.1, 0.15) is 5.69 Å². The first kappa shape index (κ1) is 18.2. The third kappa shape index (κ3) is 4.14. The quantitative estimate of drug-likeness (QED) is 0.561. The van der Waals surface area contributed by atoms with Crippen molar-refractivity contribution in [2.45, 2.75) is 32.6 Å². The summed E-state index contributed by atoms with van der Waals surface area (Å²) in [6, 6.07) is 5.16. The Labute approximate surface area is 156 Å². The lowest BCUT2D eigenvalue weighted by molar-refractivity contribution is -0.384. The molecule has 0 N–H and O–H groups in total. The number of carbonyl (C=O) groups is 1. The lowest BCUT2D eigenvalue weighted by Crippen LogP contribution is -2.46. The first-order chi connectivity index (χ1) is 12.0. The van der Waals surface area contributed by atoms with E-state index >= 15 is 0 Å². The fourth-order valence-corrected chi connectivity index (χ4v) is 4.27. The van der Waals surface area contributed by atoms with E-state index in [1.165, 1.54) is 6.42 Å². The molecule has 1 amide bonds. The summed E-state index contributed by atoms with van der Waals surface area (Å²) in [5.74, 6) is 0.913. The van der Waals surface area contributed by atoms with E-state index in [0.717, 1.165) is 32.4 Å². The largest absolute Gasteiger partial charge is 0.366 e. The molecule has 2 fully saturated rings. The van der Waals surface area contributed by atoms with Crippen molar-refractivity contribution < 1.29 is 9.72 Å². The van der Waals surface area contributed by atoms with Crippen molar-refractivity contribution in [3.8, 4) is 0 Å². The predicted octanol–water partition coefficient (Wildman–Crippen LogP) is 3.83. The predicted molar refractivity (Wildman–Crippen MR) is 101 cm³/mol. The summed E-state index contributed by atoms with van der Waals surface area (Å²) in [4.78, 5) is 27.8. The first-order valence-corrected chi connectivity index (χ1v) is 9.72. The Kier molecular flexibility index (Phi) is 5.61. The molecule has 0 bridgehead atoms. The van der Waals surface area contributed by atoms with E-state index in [-0.39, 0.29) is 22.4 Å². The Morgan fingerprint density at radius 1 is 1.24 bits per heavy atom. The number of hydrogen-bond donors (Lipinski definition) is 0. The lowest BCUT2D eigenvalue weighted by Gasteiger charge is -2.37. The highest BCUT2D eigenvalue weighted by molar-refractivity contribution is 9.10.